The Hall–Kier alpha value is -2.77. The number of methoxy groups -OCH3 is 1. The van der Waals surface area contributed by atoms with Crippen molar-refractivity contribution in [1.82, 2.24) is 10.3 Å². The standard InChI is InChI=1S/C21H25N3O4/c1-14-5-7-16(21(26)24-18-12-28-13-19(18)27-2)10-17(14)23-20(25)8-6-15-4-3-9-22-11-15/h3-5,7,9-11,18-19H,6,8,12-13H2,1-2H3,(H,23,25)(H,24,26)/t18-,19-/m0/s1. The average Bonchev–Trinajstić information content (AvgIpc) is 3.16. The molecule has 0 spiro atoms. The molecule has 1 aliphatic rings. The van der Waals surface area contributed by atoms with Crippen molar-refractivity contribution in [3.05, 3.63) is 59.4 Å². The Morgan fingerprint density at radius 2 is 2.14 bits per heavy atom. The highest BCUT2D eigenvalue weighted by Gasteiger charge is 2.29. The number of amides is 2. The number of hydrogen-bond acceptors (Lipinski definition) is 5. The van der Waals surface area contributed by atoms with Crippen LogP contribution in [0.4, 0.5) is 5.69 Å². The zero-order valence-corrected chi connectivity index (χ0v) is 16.1. The number of aromatic nitrogens is 1. The highest BCUT2D eigenvalue weighted by molar-refractivity contribution is 5.98. The van der Waals surface area contributed by atoms with Crippen molar-refractivity contribution < 1.29 is 19.1 Å². The summed E-state index contributed by atoms with van der Waals surface area (Å²) in [6.45, 7) is 2.78. The minimum absolute atomic E-state index is 0.104. The van der Waals surface area contributed by atoms with E-state index in [4.69, 9.17) is 9.47 Å². The van der Waals surface area contributed by atoms with E-state index in [1.807, 2.05) is 25.1 Å². The maximum Gasteiger partial charge on any atom is 0.251 e. The monoisotopic (exact) mass is 383 g/mol. The molecule has 2 N–H and O–H groups in total. The molecule has 3 rings (SSSR count). The Morgan fingerprint density at radius 3 is 2.89 bits per heavy atom. The predicted octanol–water partition coefficient (Wildman–Crippen LogP) is 2.10. The summed E-state index contributed by atoms with van der Waals surface area (Å²) in [5, 5.41) is 5.83. The van der Waals surface area contributed by atoms with Crippen molar-refractivity contribution >= 4 is 17.5 Å². The van der Waals surface area contributed by atoms with Gasteiger partial charge >= 0.3 is 0 Å². The third-order valence-electron chi connectivity index (χ3n) is 4.78. The van der Waals surface area contributed by atoms with E-state index in [9.17, 15) is 9.59 Å². The van der Waals surface area contributed by atoms with E-state index in [0.717, 1.165) is 11.1 Å². The van der Waals surface area contributed by atoms with Gasteiger partial charge in [0, 0.05) is 37.2 Å². The molecule has 1 aromatic heterocycles. The normalized spacial score (nSPS) is 18.6. The first-order valence-corrected chi connectivity index (χ1v) is 9.27. The van der Waals surface area contributed by atoms with Crippen LogP contribution in [-0.2, 0) is 20.7 Å². The van der Waals surface area contributed by atoms with E-state index in [1.165, 1.54) is 0 Å². The van der Waals surface area contributed by atoms with Crippen LogP contribution >= 0.6 is 0 Å². The molecule has 7 nitrogen and oxygen atoms in total. The van der Waals surface area contributed by atoms with Gasteiger partial charge in [-0.15, -0.1) is 0 Å². The Labute approximate surface area is 164 Å². The minimum atomic E-state index is -0.219. The summed E-state index contributed by atoms with van der Waals surface area (Å²) in [6.07, 6.45) is 4.26. The van der Waals surface area contributed by atoms with Crippen molar-refractivity contribution in [2.75, 3.05) is 25.6 Å². The smallest absolute Gasteiger partial charge is 0.251 e. The Bertz CT molecular complexity index is 826. The number of anilines is 1. The van der Waals surface area contributed by atoms with Gasteiger partial charge in [0.2, 0.25) is 5.91 Å². The fourth-order valence-corrected chi connectivity index (χ4v) is 3.07. The zero-order valence-electron chi connectivity index (χ0n) is 16.1. The molecule has 1 saturated heterocycles. The number of nitrogens with one attached hydrogen (secondary N) is 2. The lowest BCUT2D eigenvalue weighted by molar-refractivity contribution is -0.116. The Morgan fingerprint density at radius 1 is 1.29 bits per heavy atom. The van der Waals surface area contributed by atoms with Gasteiger partial charge in [-0.25, -0.2) is 0 Å². The van der Waals surface area contributed by atoms with Crippen molar-refractivity contribution in [2.45, 2.75) is 31.9 Å². The number of aryl methyl sites for hydroxylation is 2. The van der Waals surface area contributed by atoms with Gasteiger partial charge in [-0.1, -0.05) is 12.1 Å². The van der Waals surface area contributed by atoms with Crippen molar-refractivity contribution in [1.29, 1.82) is 0 Å². The van der Waals surface area contributed by atoms with E-state index < -0.39 is 0 Å². The molecule has 1 aromatic carbocycles. The van der Waals surface area contributed by atoms with Gasteiger partial charge in [-0.2, -0.15) is 0 Å². The van der Waals surface area contributed by atoms with Crippen LogP contribution in [0.5, 0.6) is 0 Å². The molecule has 0 bridgehead atoms. The van der Waals surface area contributed by atoms with Crippen molar-refractivity contribution in [3.63, 3.8) is 0 Å². The van der Waals surface area contributed by atoms with E-state index in [0.29, 0.717) is 37.3 Å². The highest BCUT2D eigenvalue weighted by Crippen LogP contribution is 2.18. The first-order chi connectivity index (χ1) is 13.6. The lowest BCUT2D eigenvalue weighted by Gasteiger charge is -2.18. The maximum atomic E-state index is 12.6. The molecule has 1 aliphatic heterocycles. The number of pyridine rings is 1. The van der Waals surface area contributed by atoms with Crippen molar-refractivity contribution in [3.8, 4) is 0 Å². The number of nitrogens with zero attached hydrogens (tertiary/aromatic N) is 1. The zero-order chi connectivity index (χ0) is 19.9. The van der Waals surface area contributed by atoms with Crippen LogP contribution in [0.2, 0.25) is 0 Å². The third kappa shape index (κ3) is 5.15. The Balaban J connectivity index is 1.60. The number of benzene rings is 1. The quantitative estimate of drug-likeness (QED) is 0.764. The highest BCUT2D eigenvalue weighted by atomic mass is 16.5. The van der Waals surface area contributed by atoms with Gasteiger partial charge in [0.05, 0.1) is 19.3 Å². The maximum absolute atomic E-state index is 12.6. The molecule has 0 radical (unpaired) electrons. The van der Waals surface area contributed by atoms with Gasteiger partial charge in [0.1, 0.15) is 6.10 Å². The molecule has 2 amide bonds. The second-order valence-corrected chi connectivity index (χ2v) is 6.83. The van der Waals surface area contributed by atoms with Gasteiger partial charge in [-0.3, -0.25) is 14.6 Å². The summed E-state index contributed by atoms with van der Waals surface area (Å²) in [7, 11) is 1.60. The molecule has 0 unspecified atom stereocenters. The Kier molecular flexibility index (Phi) is 6.73. The van der Waals surface area contributed by atoms with E-state index in [-0.39, 0.29) is 24.0 Å². The summed E-state index contributed by atoms with van der Waals surface area (Å²) < 4.78 is 10.7. The fourth-order valence-electron chi connectivity index (χ4n) is 3.07. The number of hydrogen-bond donors (Lipinski definition) is 2. The second kappa shape index (κ2) is 9.43. The molecule has 2 heterocycles. The van der Waals surface area contributed by atoms with Gasteiger partial charge in [0.25, 0.3) is 5.91 Å². The minimum Gasteiger partial charge on any atom is -0.377 e. The average molecular weight is 383 g/mol. The molecule has 28 heavy (non-hydrogen) atoms. The van der Waals surface area contributed by atoms with Crippen LogP contribution in [0.1, 0.15) is 27.9 Å². The van der Waals surface area contributed by atoms with Crippen LogP contribution in [0.3, 0.4) is 0 Å². The van der Waals surface area contributed by atoms with Crippen molar-refractivity contribution in [2.24, 2.45) is 0 Å². The van der Waals surface area contributed by atoms with Gasteiger partial charge in [0.15, 0.2) is 0 Å². The van der Waals surface area contributed by atoms with E-state index in [2.05, 4.69) is 15.6 Å². The lowest BCUT2D eigenvalue weighted by Crippen LogP contribution is -2.43. The molecule has 0 saturated carbocycles. The van der Waals surface area contributed by atoms with Crippen LogP contribution in [0, 0.1) is 6.92 Å². The molecule has 1 fully saturated rings. The summed E-state index contributed by atoms with van der Waals surface area (Å²) in [5.41, 5.74) is 3.02. The van der Waals surface area contributed by atoms with Gasteiger partial charge in [-0.05, 0) is 42.7 Å². The van der Waals surface area contributed by atoms with Crippen LogP contribution in [0.25, 0.3) is 0 Å². The second-order valence-electron chi connectivity index (χ2n) is 6.83. The van der Waals surface area contributed by atoms with E-state index >= 15 is 0 Å². The summed E-state index contributed by atoms with van der Waals surface area (Å²) in [4.78, 5) is 28.9. The molecule has 148 valence electrons. The molecule has 0 aliphatic carbocycles. The van der Waals surface area contributed by atoms with Crippen LogP contribution in [0.15, 0.2) is 42.7 Å². The summed E-state index contributed by atoms with van der Waals surface area (Å²) in [5.74, 6) is -0.323. The van der Waals surface area contributed by atoms with Crippen LogP contribution in [-0.4, -0.2) is 49.3 Å². The van der Waals surface area contributed by atoms with Crippen LogP contribution < -0.4 is 10.6 Å². The topological polar surface area (TPSA) is 89.5 Å². The molecular formula is C21H25N3O4. The lowest BCUT2D eigenvalue weighted by atomic mass is 10.1. The first-order valence-electron chi connectivity index (χ1n) is 9.27. The molecule has 2 atom stereocenters. The van der Waals surface area contributed by atoms with Gasteiger partial charge < -0.3 is 20.1 Å². The number of carbonyl (C=O) groups is 2. The van der Waals surface area contributed by atoms with E-state index in [1.54, 1.807) is 31.6 Å². The number of rotatable bonds is 7. The molecular weight excluding hydrogens is 358 g/mol. The SMILES string of the molecule is CO[C@H]1COC[C@@H]1NC(=O)c1ccc(C)c(NC(=O)CCc2cccnc2)c1. The first kappa shape index (κ1) is 20.0. The third-order valence-corrected chi connectivity index (χ3v) is 4.78. The molecule has 7 heteroatoms. The summed E-state index contributed by atoms with van der Waals surface area (Å²) in [6, 6.07) is 8.87. The largest absolute Gasteiger partial charge is 0.377 e. The number of ether oxygens (including phenoxy) is 2. The summed E-state index contributed by atoms with van der Waals surface area (Å²) >= 11 is 0. The molecule has 2 aromatic rings. The predicted molar refractivity (Wildman–Crippen MR) is 105 cm³/mol. The fraction of sp³-hybridized carbons (Fsp3) is 0.381. The number of carbonyl (C=O) groups excluding carboxylic acids is 2.